The Hall–Kier alpha value is -2.50. The highest BCUT2D eigenvalue weighted by atomic mass is 16.3. The van der Waals surface area contributed by atoms with Gasteiger partial charge in [0, 0.05) is 18.3 Å². The molecule has 4 N–H and O–H groups in total. The quantitative estimate of drug-likeness (QED) is 0.562. The summed E-state index contributed by atoms with van der Waals surface area (Å²) in [5.74, 6) is -0.338. The van der Waals surface area contributed by atoms with Gasteiger partial charge >= 0.3 is 0 Å². The highest BCUT2D eigenvalue weighted by Crippen LogP contribution is 2.20. The smallest absolute Gasteiger partial charge is 0.251 e. The second kappa shape index (κ2) is 5.43. The molecule has 0 aliphatic rings. The van der Waals surface area contributed by atoms with Gasteiger partial charge in [-0.25, -0.2) is 0 Å². The zero-order chi connectivity index (χ0) is 13.8. The van der Waals surface area contributed by atoms with Gasteiger partial charge in [-0.2, -0.15) is 5.10 Å². The molecule has 0 aliphatic carbocycles. The lowest BCUT2D eigenvalue weighted by Gasteiger charge is -2.06. The topological polar surface area (TPSA) is 93.2 Å². The van der Waals surface area contributed by atoms with Crippen molar-refractivity contribution < 1.29 is 9.90 Å². The van der Waals surface area contributed by atoms with Crippen molar-refractivity contribution in [2.75, 3.05) is 12.3 Å². The number of carbonyl (C=O) groups excluding carboxylic acids is 1. The van der Waals surface area contributed by atoms with Crippen molar-refractivity contribution in [3.05, 3.63) is 41.7 Å². The lowest BCUT2D eigenvalue weighted by molar-refractivity contribution is 0.0951. The van der Waals surface area contributed by atoms with Crippen LogP contribution in [0, 0.1) is 6.92 Å². The number of hydrogen-bond donors (Lipinski definition) is 3. The van der Waals surface area contributed by atoms with Crippen LogP contribution < -0.4 is 11.1 Å². The Morgan fingerprint density at radius 3 is 2.95 bits per heavy atom. The average molecular weight is 260 g/mol. The van der Waals surface area contributed by atoms with Gasteiger partial charge in [-0.05, 0) is 30.7 Å². The number of aryl methyl sites for hydroxylation is 1. The first kappa shape index (κ1) is 12.9. The van der Waals surface area contributed by atoms with Gasteiger partial charge in [-0.3, -0.25) is 9.48 Å². The molecule has 19 heavy (non-hydrogen) atoms. The number of anilines is 1. The number of carbonyl (C=O) groups is 1. The maximum atomic E-state index is 11.8. The van der Waals surface area contributed by atoms with Gasteiger partial charge in [-0.15, -0.1) is 0 Å². The standard InChI is InChI=1S/C13H16N4O2/c1-9-7-16-17(8-9)5-4-15-13(19)10-2-3-11(14)12(18)6-10/h2-3,6-8,18H,4-5,14H2,1H3,(H,15,19). The molecule has 6 nitrogen and oxygen atoms in total. The molecule has 0 saturated carbocycles. The van der Waals surface area contributed by atoms with Gasteiger partial charge in [0.15, 0.2) is 0 Å². The Balaban J connectivity index is 1.89. The summed E-state index contributed by atoms with van der Waals surface area (Å²) in [5.41, 5.74) is 7.18. The van der Waals surface area contributed by atoms with Crippen molar-refractivity contribution in [3.63, 3.8) is 0 Å². The van der Waals surface area contributed by atoms with Crippen LogP contribution in [-0.4, -0.2) is 27.3 Å². The number of phenols is 1. The van der Waals surface area contributed by atoms with E-state index in [1.807, 2.05) is 13.1 Å². The van der Waals surface area contributed by atoms with E-state index in [-0.39, 0.29) is 17.3 Å². The van der Waals surface area contributed by atoms with Crippen LogP contribution in [0.5, 0.6) is 5.75 Å². The number of amides is 1. The molecule has 1 aromatic carbocycles. The Labute approximate surface area is 110 Å². The largest absolute Gasteiger partial charge is 0.506 e. The number of nitrogens with one attached hydrogen (secondary N) is 1. The number of hydrogen-bond acceptors (Lipinski definition) is 4. The molecule has 0 saturated heterocycles. The minimum absolute atomic E-state index is 0.0876. The summed E-state index contributed by atoms with van der Waals surface area (Å²) in [6.45, 7) is 3.02. The van der Waals surface area contributed by atoms with Crippen LogP contribution in [0.1, 0.15) is 15.9 Å². The molecule has 0 radical (unpaired) electrons. The predicted octanol–water partition coefficient (Wildman–Crippen LogP) is 0.909. The predicted molar refractivity (Wildman–Crippen MR) is 71.8 cm³/mol. The van der Waals surface area contributed by atoms with E-state index in [0.29, 0.717) is 18.7 Å². The Morgan fingerprint density at radius 1 is 1.53 bits per heavy atom. The van der Waals surface area contributed by atoms with Crippen LogP contribution >= 0.6 is 0 Å². The van der Waals surface area contributed by atoms with Crippen molar-refractivity contribution >= 4 is 11.6 Å². The summed E-state index contributed by atoms with van der Waals surface area (Å²) in [5, 5.41) is 16.3. The number of aromatic nitrogens is 2. The van der Waals surface area contributed by atoms with Crippen molar-refractivity contribution in [1.29, 1.82) is 0 Å². The Kier molecular flexibility index (Phi) is 3.70. The molecule has 0 unspecified atom stereocenters. The fraction of sp³-hybridized carbons (Fsp3) is 0.231. The third kappa shape index (κ3) is 3.25. The zero-order valence-corrected chi connectivity index (χ0v) is 10.6. The first-order valence-electron chi connectivity index (χ1n) is 5.92. The van der Waals surface area contributed by atoms with Gasteiger partial charge in [0.05, 0.1) is 18.4 Å². The average Bonchev–Trinajstić information content (AvgIpc) is 2.78. The second-order valence-corrected chi connectivity index (χ2v) is 4.31. The lowest BCUT2D eigenvalue weighted by atomic mass is 10.2. The molecule has 2 aromatic rings. The SMILES string of the molecule is Cc1cnn(CCNC(=O)c2ccc(N)c(O)c2)c1. The van der Waals surface area contributed by atoms with Crippen LogP contribution in [-0.2, 0) is 6.54 Å². The number of benzene rings is 1. The fourth-order valence-electron chi connectivity index (χ4n) is 1.66. The number of nitrogens with zero attached hydrogens (tertiary/aromatic N) is 2. The highest BCUT2D eigenvalue weighted by Gasteiger charge is 2.07. The van der Waals surface area contributed by atoms with E-state index >= 15 is 0 Å². The van der Waals surface area contributed by atoms with E-state index in [0.717, 1.165) is 5.56 Å². The molecule has 1 amide bonds. The molecule has 2 rings (SSSR count). The van der Waals surface area contributed by atoms with E-state index in [9.17, 15) is 9.90 Å². The number of rotatable bonds is 4. The van der Waals surface area contributed by atoms with Gasteiger partial charge in [0.2, 0.25) is 0 Å². The van der Waals surface area contributed by atoms with Crippen LogP contribution in [0.4, 0.5) is 5.69 Å². The first-order chi connectivity index (χ1) is 9.06. The third-order valence-electron chi connectivity index (χ3n) is 2.68. The molecule has 0 bridgehead atoms. The monoisotopic (exact) mass is 260 g/mol. The Morgan fingerprint density at radius 2 is 2.32 bits per heavy atom. The molecule has 0 fully saturated rings. The van der Waals surface area contributed by atoms with Crippen LogP contribution in [0.25, 0.3) is 0 Å². The molecule has 0 aliphatic heterocycles. The van der Waals surface area contributed by atoms with Crippen LogP contribution in [0.2, 0.25) is 0 Å². The zero-order valence-electron chi connectivity index (χ0n) is 10.6. The van der Waals surface area contributed by atoms with Gasteiger partial charge in [0.25, 0.3) is 5.91 Å². The lowest BCUT2D eigenvalue weighted by Crippen LogP contribution is -2.27. The van der Waals surface area contributed by atoms with Crippen LogP contribution in [0.3, 0.4) is 0 Å². The maximum Gasteiger partial charge on any atom is 0.251 e. The van der Waals surface area contributed by atoms with Crippen molar-refractivity contribution in [2.45, 2.75) is 13.5 Å². The molecule has 1 heterocycles. The molecule has 0 atom stereocenters. The molecule has 1 aromatic heterocycles. The Bertz CT molecular complexity index is 592. The van der Waals surface area contributed by atoms with Gasteiger partial charge in [0.1, 0.15) is 5.75 Å². The van der Waals surface area contributed by atoms with E-state index in [1.54, 1.807) is 16.9 Å². The number of aromatic hydroxyl groups is 1. The summed E-state index contributed by atoms with van der Waals surface area (Å²) in [6.07, 6.45) is 3.67. The number of nitrogen functional groups attached to an aromatic ring is 1. The van der Waals surface area contributed by atoms with Crippen molar-refractivity contribution in [3.8, 4) is 5.75 Å². The summed E-state index contributed by atoms with van der Waals surface area (Å²) in [4.78, 5) is 11.8. The molecule has 0 spiro atoms. The van der Waals surface area contributed by atoms with E-state index in [4.69, 9.17) is 5.73 Å². The van der Waals surface area contributed by atoms with E-state index in [1.165, 1.54) is 12.1 Å². The highest BCUT2D eigenvalue weighted by molar-refractivity contribution is 5.95. The third-order valence-corrected chi connectivity index (χ3v) is 2.68. The molecular formula is C13H16N4O2. The maximum absolute atomic E-state index is 11.8. The summed E-state index contributed by atoms with van der Waals surface area (Å²) in [6, 6.07) is 4.42. The summed E-state index contributed by atoms with van der Waals surface area (Å²) >= 11 is 0. The van der Waals surface area contributed by atoms with E-state index in [2.05, 4.69) is 10.4 Å². The fourth-order valence-corrected chi connectivity index (χ4v) is 1.66. The van der Waals surface area contributed by atoms with Crippen molar-refractivity contribution in [1.82, 2.24) is 15.1 Å². The minimum atomic E-state index is -0.251. The number of phenolic OH excluding ortho intramolecular Hbond substituents is 1. The summed E-state index contributed by atoms with van der Waals surface area (Å²) in [7, 11) is 0. The molecule has 6 heteroatoms. The normalized spacial score (nSPS) is 10.4. The second-order valence-electron chi connectivity index (χ2n) is 4.31. The summed E-state index contributed by atoms with van der Waals surface area (Å²) < 4.78 is 1.76. The van der Waals surface area contributed by atoms with Crippen LogP contribution in [0.15, 0.2) is 30.6 Å². The molecule has 100 valence electrons. The number of nitrogens with two attached hydrogens (primary N) is 1. The molecular weight excluding hydrogens is 244 g/mol. The van der Waals surface area contributed by atoms with Crippen molar-refractivity contribution in [2.24, 2.45) is 0 Å². The van der Waals surface area contributed by atoms with Gasteiger partial charge < -0.3 is 16.2 Å². The van der Waals surface area contributed by atoms with Gasteiger partial charge in [-0.1, -0.05) is 0 Å². The first-order valence-corrected chi connectivity index (χ1v) is 5.92. The minimum Gasteiger partial charge on any atom is -0.506 e. The van der Waals surface area contributed by atoms with E-state index < -0.39 is 0 Å².